The van der Waals surface area contributed by atoms with Crippen LogP contribution in [0.2, 0.25) is 0 Å². The third kappa shape index (κ3) is 9.87. The molecule has 0 aliphatic carbocycles. The van der Waals surface area contributed by atoms with Gasteiger partial charge in [-0.05, 0) is 13.8 Å². The van der Waals surface area contributed by atoms with Gasteiger partial charge in [0.15, 0.2) is 0 Å². The molecule has 0 aromatic rings. The van der Waals surface area contributed by atoms with Crippen molar-refractivity contribution in [1.82, 2.24) is 5.32 Å². The predicted octanol–water partition coefficient (Wildman–Crippen LogP) is -0.608. The maximum atomic E-state index is 10.7. The number of hydrogen-bond acceptors (Lipinski definition) is 4. The average Bonchev–Trinajstić information content (AvgIpc) is 1.76. The van der Waals surface area contributed by atoms with E-state index in [1.54, 1.807) is 13.8 Å². The molecule has 0 bridgehead atoms. The summed E-state index contributed by atoms with van der Waals surface area (Å²) in [6, 6.07) is 0. The summed E-state index contributed by atoms with van der Waals surface area (Å²) in [7, 11) is -2.89. The fourth-order valence-electron chi connectivity index (χ4n) is 0.652. The molecule has 4 nitrogen and oxygen atoms in total. The zero-order valence-corrected chi connectivity index (χ0v) is 8.61. The van der Waals surface area contributed by atoms with Gasteiger partial charge in [0.2, 0.25) is 0 Å². The molecule has 74 valence electrons. The summed E-state index contributed by atoms with van der Waals surface area (Å²) < 4.78 is 21.3. The van der Waals surface area contributed by atoms with E-state index < -0.39 is 15.4 Å². The van der Waals surface area contributed by atoms with Crippen molar-refractivity contribution in [1.29, 1.82) is 0 Å². The highest BCUT2D eigenvalue weighted by Gasteiger charge is 2.11. The minimum atomic E-state index is -2.89. The minimum Gasteiger partial charge on any atom is -0.389 e. The van der Waals surface area contributed by atoms with Crippen molar-refractivity contribution in [3.63, 3.8) is 0 Å². The molecule has 0 atom stereocenters. The predicted molar refractivity (Wildman–Crippen MR) is 48.9 cm³/mol. The number of sulfone groups is 1. The zero-order valence-electron chi connectivity index (χ0n) is 7.79. The first-order valence-corrected chi connectivity index (χ1v) is 5.88. The highest BCUT2D eigenvalue weighted by atomic mass is 32.2. The lowest BCUT2D eigenvalue weighted by atomic mass is 10.1. The van der Waals surface area contributed by atoms with E-state index in [-0.39, 0.29) is 5.75 Å². The van der Waals surface area contributed by atoms with Gasteiger partial charge in [0.1, 0.15) is 9.84 Å². The Balaban J connectivity index is 3.48. The van der Waals surface area contributed by atoms with E-state index in [4.69, 9.17) is 0 Å². The van der Waals surface area contributed by atoms with Crippen LogP contribution in [0.1, 0.15) is 13.8 Å². The van der Waals surface area contributed by atoms with Crippen LogP contribution in [0.25, 0.3) is 0 Å². The van der Waals surface area contributed by atoms with Crippen molar-refractivity contribution >= 4 is 9.84 Å². The van der Waals surface area contributed by atoms with Crippen LogP contribution in [-0.4, -0.2) is 44.2 Å². The molecular weight excluding hydrogens is 178 g/mol. The molecule has 5 heteroatoms. The summed E-state index contributed by atoms with van der Waals surface area (Å²) in [5.74, 6) is 0.114. The molecule has 0 saturated heterocycles. The van der Waals surface area contributed by atoms with Crippen molar-refractivity contribution in [2.24, 2.45) is 0 Å². The number of nitrogens with one attached hydrogen (secondary N) is 1. The van der Waals surface area contributed by atoms with E-state index in [2.05, 4.69) is 5.32 Å². The third-order valence-electron chi connectivity index (χ3n) is 1.21. The topological polar surface area (TPSA) is 66.4 Å². The summed E-state index contributed by atoms with van der Waals surface area (Å²) in [5.41, 5.74) is -0.780. The molecule has 0 saturated carbocycles. The van der Waals surface area contributed by atoms with Gasteiger partial charge in [-0.1, -0.05) is 0 Å². The van der Waals surface area contributed by atoms with Gasteiger partial charge in [0.05, 0.1) is 11.4 Å². The largest absolute Gasteiger partial charge is 0.389 e. The summed E-state index contributed by atoms with van der Waals surface area (Å²) >= 11 is 0. The van der Waals surface area contributed by atoms with Crippen LogP contribution < -0.4 is 5.32 Å². The van der Waals surface area contributed by atoms with Crippen molar-refractivity contribution in [3.8, 4) is 0 Å². The van der Waals surface area contributed by atoms with Crippen LogP contribution in [0.15, 0.2) is 0 Å². The fraction of sp³-hybridized carbons (Fsp3) is 1.00. The molecule has 2 N–H and O–H groups in total. The summed E-state index contributed by atoms with van der Waals surface area (Å²) in [6.45, 7) is 4.13. The Hall–Kier alpha value is -0.130. The fourth-order valence-corrected chi connectivity index (χ4v) is 1.17. The van der Waals surface area contributed by atoms with Gasteiger partial charge in [0, 0.05) is 19.3 Å². The number of rotatable bonds is 5. The van der Waals surface area contributed by atoms with E-state index in [0.29, 0.717) is 13.1 Å². The van der Waals surface area contributed by atoms with Crippen LogP contribution in [0.3, 0.4) is 0 Å². The third-order valence-corrected chi connectivity index (χ3v) is 2.15. The Kier molecular flexibility index (Phi) is 4.16. The monoisotopic (exact) mass is 195 g/mol. The zero-order chi connectivity index (χ0) is 9.83. The molecule has 0 unspecified atom stereocenters. The highest BCUT2D eigenvalue weighted by molar-refractivity contribution is 7.90. The van der Waals surface area contributed by atoms with Crippen LogP contribution in [0.5, 0.6) is 0 Å². The lowest BCUT2D eigenvalue weighted by Gasteiger charge is -2.17. The molecule has 0 radical (unpaired) electrons. The van der Waals surface area contributed by atoms with E-state index in [1.807, 2.05) is 0 Å². The smallest absolute Gasteiger partial charge is 0.148 e. The summed E-state index contributed by atoms with van der Waals surface area (Å²) in [4.78, 5) is 0. The Labute approximate surface area is 73.9 Å². The van der Waals surface area contributed by atoms with Crippen LogP contribution >= 0.6 is 0 Å². The molecule has 0 fully saturated rings. The Morgan fingerprint density at radius 2 is 1.92 bits per heavy atom. The van der Waals surface area contributed by atoms with Gasteiger partial charge in [-0.2, -0.15) is 0 Å². The number of hydrogen-bond donors (Lipinski definition) is 2. The molecule has 0 spiro atoms. The minimum absolute atomic E-state index is 0.114. The quantitative estimate of drug-likeness (QED) is 0.574. The SMILES string of the molecule is CC(C)(O)CNCCS(C)(=O)=O. The van der Waals surface area contributed by atoms with E-state index in [9.17, 15) is 13.5 Å². The summed E-state index contributed by atoms with van der Waals surface area (Å²) in [6.07, 6.45) is 1.19. The normalized spacial score (nSPS) is 13.3. The van der Waals surface area contributed by atoms with Crippen molar-refractivity contribution in [2.75, 3.05) is 25.1 Å². The lowest BCUT2D eigenvalue weighted by molar-refractivity contribution is 0.0805. The van der Waals surface area contributed by atoms with Crippen LogP contribution in [0.4, 0.5) is 0 Å². The standard InChI is InChI=1S/C7H17NO3S/c1-7(2,9)6-8-4-5-12(3,10)11/h8-9H,4-6H2,1-3H3. The number of aliphatic hydroxyl groups is 1. The molecular formula is C7H17NO3S. The Bertz CT molecular complexity index is 215. The van der Waals surface area contributed by atoms with Gasteiger partial charge in [-0.25, -0.2) is 8.42 Å². The molecule has 0 amide bonds. The van der Waals surface area contributed by atoms with Crippen molar-refractivity contribution in [2.45, 2.75) is 19.4 Å². The van der Waals surface area contributed by atoms with Crippen molar-refractivity contribution < 1.29 is 13.5 Å². The molecule has 12 heavy (non-hydrogen) atoms. The maximum Gasteiger partial charge on any atom is 0.148 e. The second-order valence-electron chi connectivity index (χ2n) is 3.62. The summed E-state index contributed by atoms with van der Waals surface area (Å²) in [5, 5.41) is 12.1. The average molecular weight is 195 g/mol. The van der Waals surface area contributed by atoms with E-state index >= 15 is 0 Å². The van der Waals surface area contributed by atoms with Gasteiger partial charge >= 0.3 is 0 Å². The maximum absolute atomic E-state index is 10.7. The first kappa shape index (κ1) is 11.9. The molecule has 0 rings (SSSR count). The Morgan fingerprint density at radius 3 is 2.25 bits per heavy atom. The van der Waals surface area contributed by atoms with Crippen LogP contribution in [-0.2, 0) is 9.84 Å². The molecule has 0 aromatic carbocycles. The molecule has 0 heterocycles. The second-order valence-corrected chi connectivity index (χ2v) is 5.88. The first-order valence-electron chi connectivity index (χ1n) is 3.81. The molecule has 0 aliphatic rings. The molecule has 0 aliphatic heterocycles. The van der Waals surface area contributed by atoms with Gasteiger partial charge in [-0.15, -0.1) is 0 Å². The van der Waals surface area contributed by atoms with Gasteiger partial charge in [0.25, 0.3) is 0 Å². The van der Waals surface area contributed by atoms with Gasteiger partial charge < -0.3 is 10.4 Å². The van der Waals surface area contributed by atoms with Crippen molar-refractivity contribution in [3.05, 3.63) is 0 Å². The Morgan fingerprint density at radius 1 is 1.42 bits per heavy atom. The van der Waals surface area contributed by atoms with E-state index in [1.165, 1.54) is 6.26 Å². The van der Waals surface area contributed by atoms with Crippen LogP contribution in [0, 0.1) is 0 Å². The second kappa shape index (κ2) is 4.20. The first-order chi connectivity index (χ1) is 5.21. The molecule has 0 aromatic heterocycles. The lowest BCUT2D eigenvalue weighted by Crippen LogP contribution is -2.36. The van der Waals surface area contributed by atoms with Gasteiger partial charge in [-0.3, -0.25) is 0 Å². The highest BCUT2D eigenvalue weighted by Crippen LogP contribution is 1.96. The van der Waals surface area contributed by atoms with E-state index in [0.717, 1.165) is 0 Å².